The third kappa shape index (κ3) is 1.52. The lowest BCUT2D eigenvalue weighted by molar-refractivity contribution is -0.159. The molecule has 0 aromatic heterocycles. The number of fused-ring (bicyclic) bond motifs is 2. The Hall–Kier alpha value is -2.40. The molecule has 1 unspecified atom stereocenters. The van der Waals surface area contributed by atoms with Crippen LogP contribution in [0.3, 0.4) is 0 Å². The lowest BCUT2D eigenvalue weighted by Gasteiger charge is -2.40. The number of likely N-dealkylation sites (N-methyl/N-ethyl adjacent to an activating group) is 1. The van der Waals surface area contributed by atoms with Crippen LogP contribution in [0.5, 0.6) is 11.5 Å². The smallest absolute Gasteiger partial charge is 0.261 e. The first kappa shape index (κ1) is 15.8. The maximum Gasteiger partial charge on any atom is 0.261 e. The van der Waals surface area contributed by atoms with Crippen LogP contribution in [0.1, 0.15) is 31.9 Å². The average molecular weight is 371 g/mol. The number of nitrogens with zero attached hydrogens (tertiary/aromatic N) is 3. The van der Waals surface area contributed by atoms with Crippen LogP contribution in [0.15, 0.2) is 18.2 Å². The molecule has 1 aromatic rings. The molecule has 3 saturated heterocycles. The van der Waals surface area contributed by atoms with Gasteiger partial charge in [-0.05, 0) is 31.5 Å². The molecule has 1 spiro atoms. The Morgan fingerprint density at radius 3 is 2.69 bits per heavy atom. The molecular weight excluding hydrogens is 354 g/mol. The number of carbonyl (C=O) groups is 2. The number of benzene rings is 1. The molecule has 4 aliphatic rings. The van der Waals surface area contributed by atoms with Crippen molar-refractivity contribution in [2.45, 2.75) is 36.1 Å². The molecule has 3 fully saturated rings. The lowest BCUT2D eigenvalue weighted by Crippen LogP contribution is -2.60. The van der Waals surface area contributed by atoms with E-state index in [4.69, 9.17) is 9.47 Å². The molecule has 0 saturated carbocycles. The number of thioether (sulfide) groups is 1. The Morgan fingerprint density at radius 2 is 1.96 bits per heavy atom. The molecule has 0 radical (unpaired) electrons. The van der Waals surface area contributed by atoms with Crippen LogP contribution in [-0.4, -0.2) is 45.2 Å². The van der Waals surface area contributed by atoms with Gasteiger partial charge in [0.05, 0.1) is 17.5 Å². The molecular formula is C18H17N3O4S. The summed E-state index contributed by atoms with van der Waals surface area (Å²) in [5.74, 6) is 1.02. The molecule has 1 aromatic carbocycles. The minimum absolute atomic E-state index is 0.102. The summed E-state index contributed by atoms with van der Waals surface area (Å²) < 4.78 is 10.8. The van der Waals surface area contributed by atoms with Gasteiger partial charge in [0.2, 0.25) is 6.79 Å². The van der Waals surface area contributed by atoms with Gasteiger partial charge < -0.3 is 19.3 Å². The van der Waals surface area contributed by atoms with Gasteiger partial charge in [-0.1, -0.05) is 17.8 Å². The molecule has 4 aliphatic heterocycles. The molecule has 26 heavy (non-hydrogen) atoms. The van der Waals surface area contributed by atoms with Crippen molar-refractivity contribution >= 4 is 23.6 Å². The molecule has 0 N–H and O–H groups in total. The highest BCUT2D eigenvalue weighted by Crippen LogP contribution is 2.69. The summed E-state index contributed by atoms with van der Waals surface area (Å²) in [6.45, 7) is 3.76. The highest BCUT2D eigenvalue weighted by atomic mass is 32.2. The summed E-state index contributed by atoms with van der Waals surface area (Å²) in [7, 11) is 1.66. The van der Waals surface area contributed by atoms with E-state index in [1.807, 2.05) is 19.1 Å². The van der Waals surface area contributed by atoms with Crippen molar-refractivity contribution in [1.82, 2.24) is 9.80 Å². The summed E-state index contributed by atoms with van der Waals surface area (Å²) in [5.41, 5.74) is -0.0887. The Labute approximate surface area is 154 Å². The Balaban J connectivity index is 1.69. The average Bonchev–Trinajstić information content (AvgIpc) is 3.28. The van der Waals surface area contributed by atoms with Crippen LogP contribution >= 0.6 is 11.8 Å². The second kappa shape index (κ2) is 4.46. The highest BCUT2D eigenvalue weighted by molar-refractivity contribution is 8.04. The quantitative estimate of drug-likeness (QED) is 0.749. The summed E-state index contributed by atoms with van der Waals surface area (Å²) in [6.07, 6.45) is 0.310. The van der Waals surface area contributed by atoms with Gasteiger partial charge in [-0.25, -0.2) is 0 Å². The Morgan fingerprint density at radius 1 is 1.23 bits per heavy atom. The molecule has 0 aliphatic carbocycles. The van der Waals surface area contributed by atoms with Crippen LogP contribution in [0.4, 0.5) is 0 Å². The van der Waals surface area contributed by atoms with Crippen LogP contribution in [0.25, 0.3) is 0 Å². The van der Waals surface area contributed by atoms with Crippen LogP contribution in [0, 0.1) is 16.7 Å². The van der Waals surface area contributed by atoms with Crippen molar-refractivity contribution in [3.05, 3.63) is 23.8 Å². The van der Waals surface area contributed by atoms with Gasteiger partial charge in [0.25, 0.3) is 11.8 Å². The number of hydrogen-bond acceptors (Lipinski definition) is 6. The second-order valence-corrected chi connectivity index (χ2v) is 9.30. The molecule has 134 valence electrons. The van der Waals surface area contributed by atoms with E-state index in [0.717, 1.165) is 5.56 Å². The number of carbonyl (C=O) groups excluding carboxylic acids is 2. The van der Waals surface area contributed by atoms with Gasteiger partial charge in [-0.15, -0.1) is 0 Å². The SMILES string of the molecule is CN1C(=O)[C@@]23C[C@](C)(C#N)C(c4ccc5c(c4)OCO5)N2C(=O)[C@@]1(C)S3. The summed E-state index contributed by atoms with van der Waals surface area (Å²) in [5, 5.41) is 9.95. The van der Waals surface area contributed by atoms with Gasteiger partial charge >= 0.3 is 0 Å². The molecule has 4 atom stereocenters. The Bertz CT molecular complexity index is 930. The van der Waals surface area contributed by atoms with E-state index in [9.17, 15) is 14.9 Å². The normalized spacial score (nSPS) is 39.5. The third-order valence-electron chi connectivity index (χ3n) is 6.09. The van der Waals surface area contributed by atoms with Crippen molar-refractivity contribution < 1.29 is 19.1 Å². The van der Waals surface area contributed by atoms with Crippen molar-refractivity contribution in [3.8, 4) is 17.6 Å². The molecule has 2 amide bonds. The van der Waals surface area contributed by atoms with Crippen molar-refractivity contribution in [2.24, 2.45) is 5.41 Å². The van der Waals surface area contributed by atoms with Crippen LogP contribution in [-0.2, 0) is 9.59 Å². The second-order valence-electron chi connectivity index (χ2n) is 7.63. The fourth-order valence-electron chi connectivity index (χ4n) is 4.73. The lowest BCUT2D eigenvalue weighted by atomic mass is 9.79. The minimum atomic E-state index is -1.01. The zero-order valence-corrected chi connectivity index (χ0v) is 15.4. The van der Waals surface area contributed by atoms with Gasteiger partial charge in [0.1, 0.15) is 0 Å². The van der Waals surface area contributed by atoms with Gasteiger partial charge in [0, 0.05) is 13.5 Å². The molecule has 2 bridgehead atoms. The zero-order valence-electron chi connectivity index (χ0n) is 14.6. The summed E-state index contributed by atoms with van der Waals surface area (Å²) >= 11 is 1.36. The Kier molecular flexibility index (Phi) is 2.72. The van der Waals surface area contributed by atoms with Gasteiger partial charge in [0.15, 0.2) is 21.2 Å². The number of hydrogen-bond donors (Lipinski definition) is 0. The molecule has 7 nitrogen and oxygen atoms in total. The van der Waals surface area contributed by atoms with E-state index >= 15 is 0 Å². The van der Waals surface area contributed by atoms with Crippen LogP contribution < -0.4 is 9.47 Å². The largest absolute Gasteiger partial charge is 0.454 e. The first-order valence-electron chi connectivity index (χ1n) is 8.40. The standard InChI is InChI=1S/C18H17N3O4S/c1-16(8-19)7-18-15(23)20(3)17(2,26-18)14(22)21(18)13(16)10-4-5-11-12(6-10)25-9-24-11/h4-6,13H,7,9H2,1-3H3/t13?,16-,17-,18+/m1/s1. The fraction of sp³-hybridized carbons (Fsp3) is 0.500. The first-order valence-corrected chi connectivity index (χ1v) is 9.21. The van der Waals surface area contributed by atoms with Crippen molar-refractivity contribution in [3.63, 3.8) is 0 Å². The van der Waals surface area contributed by atoms with E-state index < -0.39 is 21.2 Å². The van der Waals surface area contributed by atoms with E-state index in [0.29, 0.717) is 17.9 Å². The van der Waals surface area contributed by atoms with Crippen LogP contribution in [0.2, 0.25) is 0 Å². The molecule has 5 rings (SSSR count). The molecule has 4 heterocycles. The highest BCUT2D eigenvalue weighted by Gasteiger charge is 2.78. The monoisotopic (exact) mass is 371 g/mol. The minimum Gasteiger partial charge on any atom is -0.454 e. The topological polar surface area (TPSA) is 82.9 Å². The number of ether oxygens (including phenoxy) is 2. The van der Waals surface area contributed by atoms with E-state index in [-0.39, 0.29) is 18.6 Å². The van der Waals surface area contributed by atoms with Crippen molar-refractivity contribution in [1.29, 1.82) is 5.26 Å². The van der Waals surface area contributed by atoms with Gasteiger partial charge in [-0.2, -0.15) is 5.26 Å². The van der Waals surface area contributed by atoms with E-state index in [1.165, 1.54) is 16.7 Å². The maximum atomic E-state index is 13.3. The van der Waals surface area contributed by atoms with Gasteiger partial charge in [-0.3, -0.25) is 9.59 Å². The summed E-state index contributed by atoms with van der Waals surface area (Å²) in [6, 6.07) is 7.34. The zero-order chi connectivity index (χ0) is 18.5. The number of nitriles is 1. The first-order chi connectivity index (χ1) is 12.3. The maximum absolute atomic E-state index is 13.3. The van der Waals surface area contributed by atoms with Crippen molar-refractivity contribution in [2.75, 3.05) is 13.8 Å². The molecule has 8 heteroatoms. The predicted octanol–water partition coefficient (Wildman–Crippen LogP) is 1.85. The number of amides is 2. The van der Waals surface area contributed by atoms with E-state index in [1.54, 1.807) is 24.9 Å². The number of rotatable bonds is 1. The predicted molar refractivity (Wildman–Crippen MR) is 92.0 cm³/mol. The number of piperazine rings is 1. The fourth-order valence-corrected chi connectivity index (χ4v) is 6.67. The van der Waals surface area contributed by atoms with E-state index in [2.05, 4.69) is 6.07 Å². The third-order valence-corrected chi connectivity index (χ3v) is 7.79. The summed E-state index contributed by atoms with van der Waals surface area (Å²) in [4.78, 5) is 27.6.